The lowest BCUT2D eigenvalue weighted by atomic mass is 10.2. The molecule has 1 rings (SSSR count). The van der Waals surface area contributed by atoms with E-state index in [1.54, 1.807) is 6.07 Å². The fraction of sp³-hybridized carbons (Fsp3) is 0.417. The van der Waals surface area contributed by atoms with Crippen LogP contribution in [0, 0.1) is 6.92 Å². The topological polar surface area (TPSA) is 86.6 Å². The molecule has 0 aromatic heterocycles. The highest BCUT2D eigenvalue weighted by molar-refractivity contribution is 7.85. The van der Waals surface area contributed by atoms with Crippen molar-refractivity contribution >= 4 is 22.4 Å². The van der Waals surface area contributed by atoms with Gasteiger partial charge in [-0.1, -0.05) is 12.1 Å². The molecule has 2 atom stereocenters. The number of nitrogens with one attached hydrogen (secondary N) is 1. The number of rotatable bonds is 6. The molecule has 2 unspecified atom stereocenters. The lowest BCUT2D eigenvalue weighted by Gasteiger charge is -2.08. The number of hydrogen-bond acceptors (Lipinski definition) is 4. The highest BCUT2D eigenvalue weighted by atomic mass is 32.2. The number of benzene rings is 1. The molecule has 18 heavy (non-hydrogen) atoms. The molecule has 3 N–H and O–H groups in total. The van der Waals surface area contributed by atoms with Crippen LogP contribution in [0.15, 0.2) is 24.3 Å². The molecule has 1 aromatic carbocycles. The molecular formula is C12H17NO4S. The van der Waals surface area contributed by atoms with Crippen molar-refractivity contribution in [1.29, 1.82) is 0 Å². The molecule has 5 nitrogen and oxygen atoms in total. The Labute approximate surface area is 108 Å². The maximum atomic E-state index is 11.6. The number of carbonyl (C=O) groups is 1. The molecule has 1 amide bonds. The fourth-order valence-electron chi connectivity index (χ4n) is 1.39. The molecule has 100 valence electrons. The van der Waals surface area contributed by atoms with Gasteiger partial charge in [-0.3, -0.25) is 9.00 Å². The van der Waals surface area contributed by atoms with Crippen LogP contribution in [0.5, 0.6) is 0 Å². The maximum absolute atomic E-state index is 11.6. The predicted molar refractivity (Wildman–Crippen MR) is 70.8 cm³/mol. The van der Waals surface area contributed by atoms with E-state index in [-0.39, 0.29) is 17.4 Å². The van der Waals surface area contributed by atoms with Gasteiger partial charge in [0.2, 0.25) is 5.91 Å². The van der Waals surface area contributed by atoms with Gasteiger partial charge in [0.05, 0.1) is 18.5 Å². The number of carbonyl (C=O) groups excluding carboxylic acids is 1. The summed E-state index contributed by atoms with van der Waals surface area (Å²) in [5, 5.41) is 20.3. The third-order valence-corrected chi connectivity index (χ3v) is 3.52. The molecule has 6 heteroatoms. The van der Waals surface area contributed by atoms with E-state index in [1.807, 2.05) is 25.1 Å². The quantitative estimate of drug-likeness (QED) is 0.681. The Morgan fingerprint density at radius 1 is 1.50 bits per heavy atom. The standard InChI is InChI=1S/C12H17NO4S/c1-9-3-2-4-10(5-9)13-12(16)8-18(17)7-11(15)6-14/h2-5,11,14-15H,6-8H2,1H3,(H,13,16). The molecule has 0 bridgehead atoms. The van der Waals surface area contributed by atoms with E-state index in [2.05, 4.69) is 5.32 Å². The number of aliphatic hydroxyl groups is 2. The van der Waals surface area contributed by atoms with Gasteiger partial charge >= 0.3 is 0 Å². The smallest absolute Gasteiger partial charge is 0.236 e. The third kappa shape index (κ3) is 5.39. The molecule has 0 aliphatic rings. The van der Waals surface area contributed by atoms with E-state index in [1.165, 1.54) is 0 Å². The fourth-order valence-corrected chi connectivity index (χ4v) is 2.41. The first-order chi connectivity index (χ1) is 8.51. The Balaban J connectivity index is 2.44. The van der Waals surface area contributed by atoms with Crippen LogP contribution in [0.3, 0.4) is 0 Å². The highest BCUT2D eigenvalue weighted by Crippen LogP contribution is 2.09. The second-order valence-corrected chi connectivity index (χ2v) is 5.51. The monoisotopic (exact) mass is 271 g/mol. The van der Waals surface area contributed by atoms with Gasteiger partial charge in [-0.25, -0.2) is 0 Å². The van der Waals surface area contributed by atoms with E-state index >= 15 is 0 Å². The van der Waals surface area contributed by atoms with Gasteiger partial charge in [0, 0.05) is 16.5 Å². The first-order valence-electron chi connectivity index (χ1n) is 5.51. The number of anilines is 1. The average molecular weight is 271 g/mol. The minimum absolute atomic E-state index is 0.0995. The van der Waals surface area contributed by atoms with Crippen LogP contribution in [0.1, 0.15) is 5.56 Å². The van der Waals surface area contributed by atoms with Gasteiger partial charge in [0.1, 0.15) is 5.75 Å². The van der Waals surface area contributed by atoms with E-state index in [0.717, 1.165) is 5.56 Å². The van der Waals surface area contributed by atoms with Crippen LogP contribution in [-0.4, -0.2) is 44.5 Å². The summed E-state index contributed by atoms with van der Waals surface area (Å²) in [6.07, 6.45) is -1.04. The summed E-state index contributed by atoms with van der Waals surface area (Å²) in [7, 11) is -1.48. The molecule has 0 saturated carbocycles. The summed E-state index contributed by atoms with van der Waals surface area (Å²) in [4.78, 5) is 11.6. The highest BCUT2D eigenvalue weighted by Gasteiger charge is 2.12. The summed E-state index contributed by atoms with van der Waals surface area (Å²) in [6, 6.07) is 7.28. The Bertz CT molecular complexity index is 436. The summed E-state index contributed by atoms with van der Waals surface area (Å²) < 4.78 is 11.5. The van der Waals surface area contributed by atoms with Crippen LogP contribution in [0.2, 0.25) is 0 Å². The summed E-state index contributed by atoms with van der Waals surface area (Å²) in [5.41, 5.74) is 1.67. The van der Waals surface area contributed by atoms with Crippen molar-refractivity contribution < 1.29 is 19.2 Å². The summed E-state index contributed by atoms with van der Waals surface area (Å²) in [6.45, 7) is 1.46. The lowest BCUT2D eigenvalue weighted by molar-refractivity contribution is -0.113. The normalized spacial score (nSPS) is 13.9. The molecule has 0 aliphatic carbocycles. The Morgan fingerprint density at radius 2 is 2.22 bits per heavy atom. The maximum Gasteiger partial charge on any atom is 0.236 e. The molecule has 0 saturated heterocycles. The minimum atomic E-state index is -1.48. The zero-order valence-electron chi connectivity index (χ0n) is 10.1. The summed E-state index contributed by atoms with van der Waals surface area (Å²) >= 11 is 0. The zero-order valence-corrected chi connectivity index (χ0v) is 10.9. The molecule has 0 fully saturated rings. The Kier molecular flexibility index (Phi) is 5.97. The molecule has 0 radical (unpaired) electrons. The molecule has 0 aliphatic heterocycles. The van der Waals surface area contributed by atoms with Gasteiger partial charge in [-0.05, 0) is 24.6 Å². The van der Waals surface area contributed by atoms with Crippen LogP contribution in [0.4, 0.5) is 5.69 Å². The SMILES string of the molecule is Cc1cccc(NC(=O)CS(=O)CC(O)CO)c1. The van der Waals surface area contributed by atoms with Crippen LogP contribution in [-0.2, 0) is 15.6 Å². The zero-order chi connectivity index (χ0) is 13.5. The van der Waals surface area contributed by atoms with E-state index in [4.69, 9.17) is 10.2 Å². The Morgan fingerprint density at radius 3 is 2.83 bits per heavy atom. The van der Waals surface area contributed by atoms with Crippen molar-refractivity contribution in [3.05, 3.63) is 29.8 Å². The van der Waals surface area contributed by atoms with Gasteiger partial charge in [0.15, 0.2) is 0 Å². The van der Waals surface area contributed by atoms with Gasteiger partial charge in [-0.2, -0.15) is 0 Å². The van der Waals surface area contributed by atoms with Gasteiger partial charge in [-0.15, -0.1) is 0 Å². The third-order valence-electron chi connectivity index (χ3n) is 2.18. The lowest BCUT2D eigenvalue weighted by Crippen LogP contribution is -2.27. The first-order valence-corrected chi connectivity index (χ1v) is 7.00. The van der Waals surface area contributed by atoms with Gasteiger partial charge in [0.25, 0.3) is 0 Å². The number of amides is 1. The molecule has 1 aromatic rings. The van der Waals surface area contributed by atoms with Crippen molar-refractivity contribution in [2.24, 2.45) is 0 Å². The number of aliphatic hydroxyl groups excluding tert-OH is 2. The van der Waals surface area contributed by atoms with Crippen molar-refractivity contribution in [1.82, 2.24) is 0 Å². The summed E-state index contributed by atoms with van der Waals surface area (Å²) in [5.74, 6) is -0.660. The van der Waals surface area contributed by atoms with Crippen molar-refractivity contribution in [2.75, 3.05) is 23.4 Å². The van der Waals surface area contributed by atoms with E-state index < -0.39 is 23.5 Å². The average Bonchev–Trinajstić information content (AvgIpc) is 2.28. The molecule has 0 spiro atoms. The second-order valence-electron chi connectivity index (χ2n) is 4.00. The van der Waals surface area contributed by atoms with Crippen molar-refractivity contribution in [3.63, 3.8) is 0 Å². The predicted octanol–water partition coefficient (Wildman–Crippen LogP) is 0.0354. The minimum Gasteiger partial charge on any atom is -0.394 e. The number of hydrogen-bond donors (Lipinski definition) is 3. The largest absolute Gasteiger partial charge is 0.394 e. The first kappa shape index (κ1) is 14.8. The molecular weight excluding hydrogens is 254 g/mol. The van der Waals surface area contributed by atoms with Crippen LogP contribution < -0.4 is 5.32 Å². The van der Waals surface area contributed by atoms with Gasteiger partial charge < -0.3 is 15.5 Å². The van der Waals surface area contributed by atoms with Crippen LogP contribution in [0.25, 0.3) is 0 Å². The molecule has 0 heterocycles. The van der Waals surface area contributed by atoms with Crippen molar-refractivity contribution in [2.45, 2.75) is 13.0 Å². The second kappa shape index (κ2) is 7.25. The van der Waals surface area contributed by atoms with E-state index in [0.29, 0.717) is 5.69 Å². The number of aryl methyl sites for hydroxylation is 1. The van der Waals surface area contributed by atoms with E-state index in [9.17, 15) is 9.00 Å². The Hall–Kier alpha value is -1.24. The van der Waals surface area contributed by atoms with Crippen LogP contribution >= 0.6 is 0 Å². The van der Waals surface area contributed by atoms with Crippen molar-refractivity contribution in [3.8, 4) is 0 Å².